The zero-order chi connectivity index (χ0) is 29.8. The predicted molar refractivity (Wildman–Crippen MR) is 165 cm³/mol. The lowest BCUT2D eigenvalue weighted by Crippen LogP contribution is -2.40. The lowest BCUT2D eigenvalue weighted by molar-refractivity contribution is -0.136. The van der Waals surface area contributed by atoms with Gasteiger partial charge in [0.25, 0.3) is 5.56 Å². The van der Waals surface area contributed by atoms with Crippen LogP contribution in [0, 0.1) is 0 Å². The summed E-state index contributed by atoms with van der Waals surface area (Å²) in [6.07, 6.45) is 2.25. The molecule has 1 atom stereocenters. The van der Waals surface area contributed by atoms with Crippen molar-refractivity contribution in [3.05, 3.63) is 124 Å². The van der Waals surface area contributed by atoms with Gasteiger partial charge in [-0.2, -0.15) is 0 Å². The van der Waals surface area contributed by atoms with Crippen LogP contribution in [-0.2, 0) is 16.1 Å². The summed E-state index contributed by atoms with van der Waals surface area (Å²) in [4.78, 5) is 32.1. The van der Waals surface area contributed by atoms with Crippen LogP contribution in [0.2, 0.25) is 10.0 Å². The Bertz CT molecular complexity index is 1850. The molecular weight excluding hydrogens is 595 g/mol. The van der Waals surface area contributed by atoms with Gasteiger partial charge < -0.3 is 14.2 Å². The van der Waals surface area contributed by atoms with Gasteiger partial charge in [0.15, 0.2) is 16.3 Å². The number of carbonyl (C=O) groups excluding carboxylic acids is 1. The summed E-state index contributed by atoms with van der Waals surface area (Å²) in [6.45, 7) is 4.43. The van der Waals surface area contributed by atoms with Gasteiger partial charge in [-0.3, -0.25) is 9.36 Å². The monoisotopic (exact) mass is 622 g/mol. The van der Waals surface area contributed by atoms with Crippen molar-refractivity contribution in [1.82, 2.24) is 4.57 Å². The molecule has 0 saturated carbocycles. The van der Waals surface area contributed by atoms with Crippen LogP contribution in [0.3, 0.4) is 0 Å². The second-order valence-corrected chi connectivity index (χ2v) is 11.2. The van der Waals surface area contributed by atoms with Crippen LogP contribution in [0.5, 0.6) is 11.5 Å². The van der Waals surface area contributed by atoms with E-state index in [0.29, 0.717) is 60.7 Å². The van der Waals surface area contributed by atoms with Gasteiger partial charge in [-0.05, 0) is 60.4 Å². The summed E-state index contributed by atoms with van der Waals surface area (Å²) in [5.41, 5.74) is 2.99. The Morgan fingerprint density at radius 1 is 1.05 bits per heavy atom. The van der Waals surface area contributed by atoms with E-state index < -0.39 is 12.0 Å². The van der Waals surface area contributed by atoms with Gasteiger partial charge >= 0.3 is 5.97 Å². The average Bonchev–Trinajstić information content (AvgIpc) is 3.30. The number of esters is 1. The van der Waals surface area contributed by atoms with Crippen LogP contribution in [0.25, 0.3) is 6.08 Å². The molecule has 5 rings (SSSR count). The van der Waals surface area contributed by atoms with E-state index in [4.69, 9.17) is 42.4 Å². The number of hydrogen-bond donors (Lipinski definition) is 0. The van der Waals surface area contributed by atoms with E-state index in [2.05, 4.69) is 0 Å². The van der Waals surface area contributed by atoms with E-state index in [1.54, 1.807) is 28.8 Å². The highest BCUT2D eigenvalue weighted by Gasteiger charge is 2.33. The van der Waals surface area contributed by atoms with E-state index in [9.17, 15) is 9.59 Å². The number of nitrogens with zero attached hydrogens (tertiary/aromatic N) is 2. The van der Waals surface area contributed by atoms with Crippen molar-refractivity contribution >= 4 is 46.6 Å². The Kier molecular flexibility index (Phi) is 9.16. The molecule has 1 aromatic heterocycles. The van der Waals surface area contributed by atoms with Crippen molar-refractivity contribution in [3.8, 4) is 11.5 Å². The maximum Gasteiger partial charge on any atom is 0.338 e. The van der Waals surface area contributed by atoms with E-state index in [1.165, 1.54) is 18.4 Å². The standard InChI is InChI=1S/C32H28Cl2N2O5S/c1-4-24-27(31(38)39-3)28(21-11-7-6-8-12-21)36-30(37)26(42-32(36)35-24)17-20-15-23(34)29(25(16-20)40-5-2)41-18-19-10-9-13-22(33)14-19/h6-17,28H,4-5,18H2,1-3H3/b26-17+/t28-/m0/s1. The molecule has 0 saturated heterocycles. The Balaban J connectivity index is 1.60. The SMILES string of the molecule is CCOc1cc(/C=c2/sc3n(c2=O)[C@@H](c2ccccc2)C(C(=O)OC)=C(CC)N=3)cc(Cl)c1OCc1cccc(Cl)c1. The van der Waals surface area contributed by atoms with Gasteiger partial charge in [0, 0.05) is 5.02 Å². The van der Waals surface area contributed by atoms with Crippen LogP contribution in [-0.4, -0.2) is 24.3 Å². The fourth-order valence-electron chi connectivity index (χ4n) is 4.82. The van der Waals surface area contributed by atoms with Gasteiger partial charge in [-0.25, -0.2) is 9.79 Å². The van der Waals surface area contributed by atoms with Crippen molar-refractivity contribution < 1.29 is 19.0 Å². The molecule has 1 aliphatic rings. The summed E-state index contributed by atoms with van der Waals surface area (Å²) in [5, 5.41) is 0.953. The number of thiazole rings is 1. The Hall–Kier alpha value is -3.85. The Morgan fingerprint density at radius 2 is 1.83 bits per heavy atom. The lowest BCUT2D eigenvalue weighted by Gasteiger charge is -2.25. The lowest BCUT2D eigenvalue weighted by atomic mass is 9.95. The zero-order valence-electron chi connectivity index (χ0n) is 23.2. The minimum Gasteiger partial charge on any atom is -0.490 e. The molecule has 3 aromatic carbocycles. The number of allylic oxidation sites excluding steroid dienone is 1. The van der Waals surface area contributed by atoms with Crippen LogP contribution < -0.4 is 24.4 Å². The second kappa shape index (κ2) is 13.0. The van der Waals surface area contributed by atoms with Crippen LogP contribution in [0.1, 0.15) is 43.0 Å². The third-order valence-corrected chi connectivity index (χ3v) is 8.17. The van der Waals surface area contributed by atoms with E-state index in [-0.39, 0.29) is 12.2 Å². The van der Waals surface area contributed by atoms with Crippen molar-refractivity contribution in [2.24, 2.45) is 4.99 Å². The Labute approximate surface area is 256 Å². The smallest absolute Gasteiger partial charge is 0.338 e. The number of aromatic nitrogens is 1. The van der Waals surface area contributed by atoms with E-state index >= 15 is 0 Å². The summed E-state index contributed by atoms with van der Waals surface area (Å²) in [5.74, 6) is 0.339. The molecule has 0 unspecified atom stereocenters. The summed E-state index contributed by atoms with van der Waals surface area (Å²) < 4.78 is 19.0. The van der Waals surface area contributed by atoms with Crippen LogP contribution in [0.4, 0.5) is 0 Å². The molecule has 0 bridgehead atoms. The average molecular weight is 624 g/mol. The minimum atomic E-state index is -0.670. The number of fused-ring (bicyclic) bond motifs is 1. The largest absolute Gasteiger partial charge is 0.490 e. The summed E-state index contributed by atoms with van der Waals surface area (Å²) in [6, 6.07) is 19.6. The minimum absolute atomic E-state index is 0.250. The van der Waals surface area contributed by atoms with Gasteiger partial charge in [0.05, 0.1) is 40.6 Å². The molecule has 0 spiro atoms. The number of ether oxygens (including phenoxy) is 3. The van der Waals surface area contributed by atoms with E-state index in [0.717, 1.165) is 11.1 Å². The number of carbonyl (C=O) groups is 1. The molecule has 216 valence electrons. The van der Waals surface area contributed by atoms with Crippen LogP contribution in [0.15, 0.2) is 87.8 Å². The summed E-state index contributed by atoms with van der Waals surface area (Å²) >= 11 is 14.0. The maximum absolute atomic E-state index is 13.9. The summed E-state index contributed by atoms with van der Waals surface area (Å²) in [7, 11) is 1.33. The molecule has 10 heteroatoms. The topological polar surface area (TPSA) is 79.1 Å². The number of methoxy groups -OCH3 is 1. The molecular formula is C32H28Cl2N2O5S. The van der Waals surface area contributed by atoms with Crippen molar-refractivity contribution in [2.75, 3.05) is 13.7 Å². The fourth-order valence-corrected chi connectivity index (χ4v) is 6.33. The number of halogens is 2. The number of hydrogen-bond acceptors (Lipinski definition) is 7. The highest BCUT2D eigenvalue weighted by molar-refractivity contribution is 7.07. The normalized spacial score (nSPS) is 14.8. The molecule has 0 aliphatic carbocycles. The molecule has 1 aliphatic heterocycles. The zero-order valence-corrected chi connectivity index (χ0v) is 25.6. The molecule has 2 heterocycles. The molecule has 42 heavy (non-hydrogen) atoms. The van der Waals surface area contributed by atoms with Gasteiger partial charge in [0.1, 0.15) is 6.61 Å². The predicted octanol–water partition coefficient (Wildman–Crippen LogP) is 6.08. The first kappa shape index (κ1) is 29.6. The first-order chi connectivity index (χ1) is 20.3. The highest BCUT2D eigenvalue weighted by Crippen LogP contribution is 2.38. The molecule has 0 amide bonds. The molecule has 7 nitrogen and oxygen atoms in total. The van der Waals surface area contributed by atoms with Crippen molar-refractivity contribution in [1.29, 1.82) is 0 Å². The fraction of sp³-hybridized carbons (Fsp3) is 0.219. The maximum atomic E-state index is 13.9. The highest BCUT2D eigenvalue weighted by atomic mass is 35.5. The van der Waals surface area contributed by atoms with Gasteiger partial charge in [0.2, 0.25) is 0 Å². The third-order valence-electron chi connectivity index (χ3n) is 6.67. The van der Waals surface area contributed by atoms with Gasteiger partial charge in [-0.1, -0.05) is 83.9 Å². The first-order valence-electron chi connectivity index (χ1n) is 13.4. The number of benzene rings is 3. The molecule has 0 N–H and O–H groups in total. The van der Waals surface area contributed by atoms with Gasteiger partial charge in [-0.15, -0.1) is 0 Å². The number of rotatable bonds is 9. The molecule has 0 radical (unpaired) electrons. The Morgan fingerprint density at radius 3 is 2.52 bits per heavy atom. The van der Waals surface area contributed by atoms with Crippen molar-refractivity contribution in [2.45, 2.75) is 32.9 Å². The third kappa shape index (κ3) is 6.02. The first-order valence-corrected chi connectivity index (χ1v) is 14.9. The quantitative estimate of drug-likeness (QED) is 0.211. The molecule has 0 fully saturated rings. The van der Waals surface area contributed by atoms with E-state index in [1.807, 2.05) is 62.4 Å². The second-order valence-electron chi connectivity index (χ2n) is 9.38. The van der Waals surface area contributed by atoms with Crippen molar-refractivity contribution in [3.63, 3.8) is 0 Å². The molecule has 4 aromatic rings. The van der Waals surface area contributed by atoms with Crippen LogP contribution >= 0.6 is 34.5 Å².